The molecule has 310 valence electrons. The minimum Gasteiger partial charge on any atom is -0.871 e. The first kappa shape index (κ1) is 42.1. The summed E-state index contributed by atoms with van der Waals surface area (Å²) in [6.45, 7) is 19.2. The van der Waals surface area contributed by atoms with Crippen LogP contribution in [0.5, 0.6) is 0 Å². The number of carbonyl (C=O) groups excluding carboxylic acids is 3. The van der Waals surface area contributed by atoms with Gasteiger partial charge >= 0.3 is 11.9 Å². The molecule has 0 bridgehead atoms. The van der Waals surface area contributed by atoms with Crippen molar-refractivity contribution in [3.05, 3.63) is 154 Å². The van der Waals surface area contributed by atoms with Gasteiger partial charge in [-0.05, 0) is 133 Å². The average Bonchev–Trinajstić information content (AvgIpc) is 3.22. The van der Waals surface area contributed by atoms with E-state index in [2.05, 4.69) is 86.7 Å². The topological polar surface area (TPSA) is 99.0 Å². The van der Waals surface area contributed by atoms with Gasteiger partial charge in [0.25, 0.3) is 0 Å². The van der Waals surface area contributed by atoms with Crippen molar-refractivity contribution in [1.82, 2.24) is 0 Å². The van der Waals surface area contributed by atoms with Crippen molar-refractivity contribution in [2.75, 3.05) is 4.90 Å². The molecule has 0 N–H and O–H groups in total. The van der Waals surface area contributed by atoms with Crippen LogP contribution in [0.1, 0.15) is 93.0 Å². The molecule has 4 atom stereocenters. The Labute approximate surface area is 354 Å². The molecule has 2 fully saturated rings. The van der Waals surface area contributed by atoms with E-state index in [9.17, 15) is 19.5 Å². The number of carbonyl (C=O) groups is 3. The Balaban J connectivity index is 1.21. The first-order valence-electron chi connectivity index (χ1n) is 21.2. The van der Waals surface area contributed by atoms with E-state index in [0.717, 1.165) is 96.4 Å². The monoisotopic (exact) mass is 804 g/mol. The number of ether oxygens (including phenoxy) is 2. The average molecular weight is 805 g/mol. The Hall–Kier alpha value is -6.02. The second-order valence-corrected chi connectivity index (χ2v) is 17.0. The maximum atomic E-state index is 13.9. The molecule has 4 unspecified atom stereocenters. The zero-order valence-corrected chi connectivity index (χ0v) is 35.8. The van der Waals surface area contributed by atoms with Crippen molar-refractivity contribution in [2.24, 2.45) is 0 Å². The number of rotatable bonds is 10. The van der Waals surface area contributed by atoms with E-state index in [0.29, 0.717) is 22.3 Å². The lowest BCUT2D eigenvalue weighted by atomic mass is 9.80. The van der Waals surface area contributed by atoms with Crippen LogP contribution in [0.3, 0.4) is 0 Å². The Bertz CT molecular complexity index is 2410. The molecule has 3 aromatic carbocycles. The number of Topliss-reactive ketones (excluding diaryl/α,β-unsaturated/α-hetero) is 1. The summed E-state index contributed by atoms with van der Waals surface area (Å²) in [5.41, 5.74) is 10.5. The maximum Gasteiger partial charge on any atom is 0.333 e. The molecule has 0 radical (unpaired) electrons. The van der Waals surface area contributed by atoms with Gasteiger partial charge in [-0.15, -0.1) is 0 Å². The normalized spacial score (nSPS) is 21.4. The Morgan fingerprint density at radius 2 is 1.27 bits per heavy atom. The molecule has 8 nitrogen and oxygen atoms in total. The van der Waals surface area contributed by atoms with Crippen molar-refractivity contribution >= 4 is 46.1 Å². The summed E-state index contributed by atoms with van der Waals surface area (Å²) in [6.07, 6.45) is 14.0. The third kappa shape index (κ3) is 8.51. The quantitative estimate of drug-likeness (QED) is 0.114. The summed E-state index contributed by atoms with van der Waals surface area (Å²) < 4.78 is 14.3. The van der Waals surface area contributed by atoms with Crippen molar-refractivity contribution in [1.29, 1.82) is 0 Å². The van der Waals surface area contributed by atoms with Crippen molar-refractivity contribution < 1.29 is 33.5 Å². The van der Waals surface area contributed by atoms with E-state index in [4.69, 9.17) is 9.47 Å². The Morgan fingerprint density at radius 1 is 0.700 bits per heavy atom. The van der Waals surface area contributed by atoms with Crippen molar-refractivity contribution in [3.8, 4) is 0 Å². The molecular formula is C52H56N2O6. The number of hydrogen-bond donors (Lipinski definition) is 0. The molecule has 4 aliphatic rings. The number of hydrogen-bond acceptors (Lipinski definition) is 7. The minimum atomic E-state index is -0.388. The summed E-state index contributed by atoms with van der Waals surface area (Å²) in [5, 5.41) is 13.9. The molecule has 0 amide bonds. The van der Waals surface area contributed by atoms with Crippen LogP contribution < -0.4 is 10.0 Å². The zero-order valence-electron chi connectivity index (χ0n) is 35.8. The first-order chi connectivity index (χ1) is 28.7. The highest BCUT2D eigenvalue weighted by molar-refractivity contribution is 6.39. The van der Waals surface area contributed by atoms with E-state index in [1.807, 2.05) is 48.6 Å². The summed E-state index contributed by atoms with van der Waals surface area (Å²) in [7, 11) is 0. The van der Waals surface area contributed by atoms with Crippen LogP contribution in [0.4, 0.5) is 17.1 Å². The van der Waals surface area contributed by atoms with Crippen LogP contribution in [-0.2, 0) is 23.9 Å². The van der Waals surface area contributed by atoms with Crippen LogP contribution in [-0.4, -0.2) is 52.3 Å². The highest BCUT2D eigenvalue weighted by atomic mass is 16.5. The van der Waals surface area contributed by atoms with Crippen LogP contribution in [0.25, 0.3) is 5.57 Å². The van der Waals surface area contributed by atoms with Gasteiger partial charge in [-0.1, -0.05) is 66.8 Å². The number of benzene rings is 3. The molecule has 7 rings (SSSR count). The van der Waals surface area contributed by atoms with E-state index >= 15 is 0 Å². The molecule has 0 saturated heterocycles. The lowest BCUT2D eigenvalue weighted by Gasteiger charge is -2.41. The number of anilines is 2. The molecule has 2 saturated carbocycles. The number of allylic oxidation sites excluding steroid dienone is 7. The fourth-order valence-corrected chi connectivity index (χ4v) is 9.16. The van der Waals surface area contributed by atoms with Crippen molar-refractivity contribution in [3.63, 3.8) is 0 Å². The molecule has 0 aliphatic heterocycles. The van der Waals surface area contributed by atoms with E-state index in [-0.39, 0.29) is 58.9 Å². The summed E-state index contributed by atoms with van der Waals surface area (Å²) in [5.74, 6) is -1.34. The number of ketones is 1. The third-order valence-corrected chi connectivity index (χ3v) is 12.2. The minimum absolute atomic E-state index is 0.113. The summed E-state index contributed by atoms with van der Waals surface area (Å²) >= 11 is 0. The van der Waals surface area contributed by atoms with Gasteiger partial charge in [0.2, 0.25) is 11.4 Å². The van der Waals surface area contributed by atoms with Gasteiger partial charge in [0.1, 0.15) is 6.10 Å². The smallest absolute Gasteiger partial charge is 0.333 e. The second-order valence-electron chi connectivity index (χ2n) is 17.0. The molecule has 60 heavy (non-hydrogen) atoms. The Kier molecular flexibility index (Phi) is 12.4. The van der Waals surface area contributed by atoms with Gasteiger partial charge in [-0.25, -0.2) is 9.59 Å². The fraction of sp³-hybridized carbons (Fsp3) is 0.346. The van der Waals surface area contributed by atoms with Crippen LogP contribution >= 0.6 is 0 Å². The van der Waals surface area contributed by atoms with Gasteiger partial charge in [0, 0.05) is 63.9 Å². The van der Waals surface area contributed by atoms with Gasteiger partial charge in [-0.2, -0.15) is 4.58 Å². The largest absolute Gasteiger partial charge is 0.871 e. The zero-order chi connectivity index (χ0) is 42.8. The summed E-state index contributed by atoms with van der Waals surface area (Å²) in [4.78, 5) is 41.6. The third-order valence-electron chi connectivity index (χ3n) is 12.2. The highest BCUT2D eigenvalue weighted by Gasteiger charge is 2.40. The second kappa shape index (κ2) is 17.7. The highest BCUT2D eigenvalue weighted by Crippen LogP contribution is 2.41. The van der Waals surface area contributed by atoms with Crippen LogP contribution in [0.2, 0.25) is 0 Å². The summed E-state index contributed by atoms with van der Waals surface area (Å²) in [6, 6.07) is 20.1. The number of esters is 2. The molecule has 8 heteroatoms. The first-order valence-corrected chi connectivity index (χ1v) is 21.2. The molecule has 0 spiro atoms. The van der Waals surface area contributed by atoms with Gasteiger partial charge in [0.15, 0.2) is 17.9 Å². The molecule has 4 aliphatic carbocycles. The molecular weight excluding hydrogens is 749 g/mol. The van der Waals surface area contributed by atoms with E-state index in [1.165, 1.54) is 0 Å². The standard InChI is InChI=1S/C52H56N2O6/c1-31(2)51(57)59-45-15-11-9-13-43(45)53(41-27-17-33(5)29-35(41)7)39-23-19-37(20-24-39)47-49(55)48(50(47)56)38-21-25-40(26-22-38)54(42-28-18-34(6)30-36(42)8)44-14-10-12-16-46(44)60-52(58)32(3)4/h17-30,43-46H,1,3,9-16H2,2,4-8H3. The lowest BCUT2D eigenvalue weighted by Crippen LogP contribution is -2.45. The van der Waals surface area contributed by atoms with Crippen LogP contribution in [0.15, 0.2) is 126 Å². The molecule has 3 aromatic rings. The van der Waals surface area contributed by atoms with Crippen molar-refractivity contribution in [2.45, 2.75) is 117 Å². The van der Waals surface area contributed by atoms with E-state index < -0.39 is 0 Å². The predicted molar refractivity (Wildman–Crippen MR) is 236 cm³/mol. The SMILES string of the molecule is C=C(C)C(=O)OC1CCCCC1N(c1ccc(C2=C([O-])C(=C3C=CC(=[N+](c4ccc(C)cc4C)C4CCCCC4OC(=O)C(=C)C)C=C3)C2=O)cc1)c1ccc(C)cc1C. The Morgan fingerprint density at radius 3 is 1.87 bits per heavy atom. The van der Waals surface area contributed by atoms with Crippen LogP contribution in [0, 0.1) is 27.7 Å². The predicted octanol–water partition coefficient (Wildman–Crippen LogP) is 9.78. The maximum absolute atomic E-state index is 13.9. The number of nitrogens with zero attached hydrogens (tertiary/aromatic N) is 2. The molecule has 0 heterocycles. The lowest BCUT2D eigenvalue weighted by molar-refractivity contribution is -0.501. The fourth-order valence-electron chi connectivity index (χ4n) is 9.16. The van der Waals surface area contributed by atoms with Gasteiger partial charge in [0.05, 0.1) is 6.04 Å². The van der Waals surface area contributed by atoms with E-state index in [1.54, 1.807) is 13.8 Å². The molecule has 0 aromatic heterocycles. The number of aryl methyl sites for hydroxylation is 4. The van der Waals surface area contributed by atoms with Gasteiger partial charge in [-0.3, -0.25) is 4.79 Å². The van der Waals surface area contributed by atoms with Gasteiger partial charge < -0.3 is 19.5 Å².